The number of rotatable bonds is 4. The van der Waals surface area contributed by atoms with Crippen LogP contribution in [0.1, 0.15) is 26.7 Å². The maximum Gasteiger partial charge on any atom is 0.345 e. The molecule has 0 aliphatic carbocycles. The molecule has 80 valence electrons. The summed E-state index contributed by atoms with van der Waals surface area (Å²) < 4.78 is 5.03. The lowest BCUT2D eigenvalue weighted by atomic mass is 10.3. The van der Waals surface area contributed by atoms with Crippen molar-refractivity contribution in [3.63, 3.8) is 0 Å². The van der Waals surface area contributed by atoms with E-state index in [0.717, 1.165) is 29.3 Å². The molecule has 1 rings (SSSR count). The van der Waals surface area contributed by atoms with Crippen molar-refractivity contribution < 1.29 is 9.53 Å². The molecule has 0 aromatic heterocycles. The molecular weight excluding hydrogens is 216 g/mol. The molecule has 0 aromatic rings. The molecule has 1 heterocycles. The molecule has 0 fully saturated rings. The van der Waals surface area contributed by atoms with Gasteiger partial charge in [0.05, 0.1) is 6.61 Å². The maximum absolute atomic E-state index is 11.6. The number of esters is 1. The Balaban J connectivity index is 2.71. The molecule has 14 heavy (non-hydrogen) atoms. The predicted molar refractivity (Wildman–Crippen MR) is 63.5 cm³/mol. The monoisotopic (exact) mass is 232 g/mol. The molecule has 0 radical (unpaired) electrons. The number of carbonyl (C=O) groups is 1. The summed E-state index contributed by atoms with van der Waals surface area (Å²) in [5.74, 6) is 2.00. The summed E-state index contributed by atoms with van der Waals surface area (Å²) >= 11 is 3.45. The van der Waals surface area contributed by atoms with Crippen LogP contribution >= 0.6 is 23.5 Å². The Labute approximate surface area is 93.8 Å². The topological polar surface area (TPSA) is 26.3 Å². The van der Waals surface area contributed by atoms with Crippen LogP contribution in [-0.2, 0) is 9.53 Å². The van der Waals surface area contributed by atoms with Crippen LogP contribution in [0.2, 0.25) is 0 Å². The molecule has 0 unspecified atom stereocenters. The molecule has 4 heteroatoms. The second-order valence-corrected chi connectivity index (χ2v) is 5.21. The standard InChI is InChI=1S/C10H16O2S2/c1-3-5-8-9(10(11)12-4-2)14-7-6-13-8/h3-7H2,1-2H3. The van der Waals surface area contributed by atoms with Gasteiger partial charge in [0.1, 0.15) is 4.91 Å². The van der Waals surface area contributed by atoms with Crippen molar-refractivity contribution >= 4 is 29.5 Å². The lowest BCUT2D eigenvalue weighted by molar-refractivity contribution is -0.137. The highest BCUT2D eigenvalue weighted by molar-refractivity contribution is 8.10. The fourth-order valence-corrected chi connectivity index (χ4v) is 3.71. The first kappa shape index (κ1) is 12.0. The number of ether oxygens (including phenoxy) is 1. The van der Waals surface area contributed by atoms with Gasteiger partial charge in [0.2, 0.25) is 0 Å². The van der Waals surface area contributed by atoms with E-state index in [1.165, 1.54) is 4.91 Å². The Kier molecular flexibility index (Phi) is 5.48. The second-order valence-electron chi connectivity index (χ2n) is 2.92. The molecule has 0 spiro atoms. The summed E-state index contributed by atoms with van der Waals surface area (Å²) in [6.07, 6.45) is 2.09. The quantitative estimate of drug-likeness (QED) is 0.696. The van der Waals surface area contributed by atoms with Crippen LogP contribution in [0.5, 0.6) is 0 Å². The van der Waals surface area contributed by atoms with Gasteiger partial charge in [-0.15, -0.1) is 23.5 Å². The van der Waals surface area contributed by atoms with Crippen molar-refractivity contribution in [1.82, 2.24) is 0 Å². The smallest absolute Gasteiger partial charge is 0.345 e. The summed E-state index contributed by atoms with van der Waals surface area (Å²) in [5, 5.41) is 0. The Morgan fingerprint density at radius 3 is 2.71 bits per heavy atom. The van der Waals surface area contributed by atoms with E-state index in [2.05, 4.69) is 6.92 Å². The van der Waals surface area contributed by atoms with Crippen LogP contribution in [0.4, 0.5) is 0 Å². The van der Waals surface area contributed by atoms with Crippen molar-refractivity contribution in [1.29, 1.82) is 0 Å². The molecule has 0 saturated heterocycles. The van der Waals surface area contributed by atoms with Gasteiger partial charge < -0.3 is 4.74 Å². The van der Waals surface area contributed by atoms with Crippen molar-refractivity contribution in [3.8, 4) is 0 Å². The first-order chi connectivity index (χ1) is 6.79. The SMILES string of the molecule is CCCC1=C(C(=O)OCC)SCCS1. The molecule has 0 saturated carbocycles. The van der Waals surface area contributed by atoms with Crippen LogP contribution in [-0.4, -0.2) is 24.1 Å². The van der Waals surface area contributed by atoms with E-state index < -0.39 is 0 Å². The molecule has 2 nitrogen and oxygen atoms in total. The van der Waals surface area contributed by atoms with Crippen molar-refractivity contribution in [3.05, 3.63) is 9.81 Å². The lowest BCUT2D eigenvalue weighted by Crippen LogP contribution is -2.11. The largest absolute Gasteiger partial charge is 0.462 e. The lowest BCUT2D eigenvalue weighted by Gasteiger charge is -2.17. The summed E-state index contributed by atoms with van der Waals surface area (Å²) in [6, 6.07) is 0. The number of carbonyl (C=O) groups excluding carboxylic acids is 1. The Morgan fingerprint density at radius 1 is 1.36 bits per heavy atom. The third-order valence-corrected chi connectivity index (χ3v) is 4.46. The van der Waals surface area contributed by atoms with E-state index in [1.54, 1.807) is 11.8 Å². The zero-order valence-electron chi connectivity index (χ0n) is 8.67. The number of hydrogen-bond donors (Lipinski definition) is 0. The fourth-order valence-electron chi connectivity index (χ4n) is 1.24. The number of hydrogen-bond acceptors (Lipinski definition) is 4. The van der Waals surface area contributed by atoms with Crippen LogP contribution < -0.4 is 0 Å². The molecule has 0 bridgehead atoms. The predicted octanol–water partition coefficient (Wildman–Crippen LogP) is 3.04. The third kappa shape index (κ3) is 3.24. The van der Waals surface area contributed by atoms with Crippen molar-refractivity contribution in [2.75, 3.05) is 18.1 Å². The average Bonchev–Trinajstić information content (AvgIpc) is 2.19. The minimum atomic E-state index is -0.131. The summed E-state index contributed by atoms with van der Waals surface area (Å²) in [4.78, 5) is 13.6. The third-order valence-electron chi connectivity index (χ3n) is 1.80. The van der Waals surface area contributed by atoms with Gasteiger partial charge in [-0.2, -0.15) is 0 Å². The Bertz CT molecular complexity index is 236. The average molecular weight is 232 g/mol. The molecule has 1 aliphatic rings. The van der Waals surface area contributed by atoms with Gasteiger partial charge in [0.15, 0.2) is 0 Å². The van der Waals surface area contributed by atoms with Crippen LogP contribution in [0, 0.1) is 0 Å². The highest BCUT2D eigenvalue weighted by Gasteiger charge is 2.20. The minimum Gasteiger partial charge on any atom is -0.462 e. The molecule has 1 aliphatic heterocycles. The van der Waals surface area contributed by atoms with Gasteiger partial charge in [-0.3, -0.25) is 0 Å². The van der Waals surface area contributed by atoms with Crippen molar-refractivity contribution in [2.24, 2.45) is 0 Å². The second kappa shape index (κ2) is 6.40. The summed E-state index contributed by atoms with van der Waals surface area (Å²) in [7, 11) is 0. The van der Waals surface area contributed by atoms with Crippen LogP contribution in [0.15, 0.2) is 9.81 Å². The number of allylic oxidation sites excluding steroid dienone is 1. The Morgan fingerprint density at radius 2 is 2.07 bits per heavy atom. The van der Waals surface area contributed by atoms with Gasteiger partial charge >= 0.3 is 5.97 Å². The molecule has 0 N–H and O–H groups in total. The fraction of sp³-hybridized carbons (Fsp3) is 0.700. The van der Waals surface area contributed by atoms with Crippen molar-refractivity contribution in [2.45, 2.75) is 26.7 Å². The van der Waals surface area contributed by atoms with E-state index in [4.69, 9.17) is 4.74 Å². The maximum atomic E-state index is 11.6. The van der Waals surface area contributed by atoms with Gasteiger partial charge in [-0.1, -0.05) is 13.3 Å². The molecular formula is C10H16O2S2. The van der Waals surface area contributed by atoms with Gasteiger partial charge in [-0.25, -0.2) is 4.79 Å². The first-order valence-corrected chi connectivity index (χ1v) is 6.92. The van der Waals surface area contributed by atoms with Gasteiger partial charge in [-0.05, 0) is 13.3 Å². The van der Waals surface area contributed by atoms with E-state index in [9.17, 15) is 4.79 Å². The first-order valence-electron chi connectivity index (χ1n) is 4.95. The van der Waals surface area contributed by atoms with E-state index in [1.807, 2.05) is 18.7 Å². The van der Waals surface area contributed by atoms with Crippen LogP contribution in [0.3, 0.4) is 0 Å². The minimum absolute atomic E-state index is 0.131. The highest BCUT2D eigenvalue weighted by Crippen LogP contribution is 2.37. The van der Waals surface area contributed by atoms with Crippen LogP contribution in [0.25, 0.3) is 0 Å². The van der Waals surface area contributed by atoms with E-state index >= 15 is 0 Å². The zero-order valence-corrected chi connectivity index (χ0v) is 10.3. The van der Waals surface area contributed by atoms with Gasteiger partial charge in [0.25, 0.3) is 0 Å². The highest BCUT2D eigenvalue weighted by atomic mass is 32.2. The van der Waals surface area contributed by atoms with E-state index in [-0.39, 0.29) is 5.97 Å². The van der Waals surface area contributed by atoms with Gasteiger partial charge in [0, 0.05) is 16.4 Å². The normalized spacial score (nSPS) is 17.0. The summed E-state index contributed by atoms with van der Waals surface area (Å²) in [5.41, 5.74) is 0. The molecule has 0 atom stereocenters. The zero-order chi connectivity index (χ0) is 10.4. The Hall–Kier alpha value is -0.0900. The van der Waals surface area contributed by atoms with E-state index in [0.29, 0.717) is 6.61 Å². The molecule has 0 amide bonds. The number of thioether (sulfide) groups is 2. The summed E-state index contributed by atoms with van der Waals surface area (Å²) in [6.45, 7) is 4.45. The molecule has 0 aromatic carbocycles.